The number of carbonyl (C=O) groups excluding carboxylic acids is 2. The smallest absolute Gasteiger partial charge is 0.340 e. The molecular formula is C14H18FNO3. The Hall–Kier alpha value is -1.91. The lowest BCUT2D eigenvalue weighted by Gasteiger charge is -2.18. The highest BCUT2D eigenvalue weighted by atomic mass is 19.1. The van der Waals surface area contributed by atoms with E-state index >= 15 is 0 Å². The number of amides is 1. The monoisotopic (exact) mass is 267 g/mol. The molecule has 0 spiro atoms. The van der Waals surface area contributed by atoms with E-state index in [0.29, 0.717) is 6.54 Å². The minimum atomic E-state index is -0.803. The number of benzene rings is 1. The Kier molecular flexibility index (Phi) is 4.64. The van der Waals surface area contributed by atoms with E-state index in [1.165, 1.54) is 12.1 Å². The van der Waals surface area contributed by atoms with Gasteiger partial charge in [-0.1, -0.05) is 20.8 Å². The molecule has 5 heteroatoms. The van der Waals surface area contributed by atoms with Gasteiger partial charge in [0.15, 0.2) is 0 Å². The molecule has 19 heavy (non-hydrogen) atoms. The van der Waals surface area contributed by atoms with Gasteiger partial charge in [0, 0.05) is 12.1 Å². The van der Waals surface area contributed by atoms with E-state index < -0.39 is 11.8 Å². The normalized spacial score (nSPS) is 11.0. The molecule has 0 unspecified atom stereocenters. The SMILES string of the molecule is COC(=O)c1cc(C(=O)NCC(C)(C)C)ccc1F. The zero-order valence-electron chi connectivity index (χ0n) is 11.5. The molecule has 0 aliphatic rings. The molecule has 1 aromatic rings. The van der Waals surface area contributed by atoms with E-state index in [0.717, 1.165) is 13.2 Å². The number of esters is 1. The lowest BCUT2D eigenvalue weighted by molar-refractivity contribution is 0.0595. The van der Waals surface area contributed by atoms with Crippen molar-refractivity contribution < 1.29 is 18.7 Å². The van der Waals surface area contributed by atoms with Gasteiger partial charge in [-0.05, 0) is 23.6 Å². The molecule has 0 aliphatic carbocycles. The second-order valence-electron chi connectivity index (χ2n) is 5.43. The van der Waals surface area contributed by atoms with Gasteiger partial charge in [-0.15, -0.1) is 0 Å². The second kappa shape index (κ2) is 5.82. The summed E-state index contributed by atoms with van der Waals surface area (Å²) < 4.78 is 17.9. The van der Waals surface area contributed by atoms with Crippen LogP contribution < -0.4 is 5.32 Å². The van der Waals surface area contributed by atoms with Crippen molar-refractivity contribution in [1.29, 1.82) is 0 Å². The maximum Gasteiger partial charge on any atom is 0.340 e. The molecule has 0 saturated carbocycles. The van der Waals surface area contributed by atoms with Crippen molar-refractivity contribution in [2.45, 2.75) is 20.8 Å². The highest BCUT2D eigenvalue weighted by molar-refractivity contribution is 5.98. The van der Waals surface area contributed by atoms with E-state index in [2.05, 4.69) is 10.1 Å². The molecular weight excluding hydrogens is 249 g/mol. The molecule has 0 heterocycles. The Balaban J connectivity index is 2.90. The van der Waals surface area contributed by atoms with Gasteiger partial charge in [0.1, 0.15) is 5.82 Å². The highest BCUT2D eigenvalue weighted by Gasteiger charge is 2.17. The molecule has 0 radical (unpaired) electrons. The van der Waals surface area contributed by atoms with Crippen molar-refractivity contribution in [3.8, 4) is 0 Å². The first kappa shape index (κ1) is 15.1. The summed E-state index contributed by atoms with van der Waals surface area (Å²) in [7, 11) is 1.16. The zero-order chi connectivity index (χ0) is 14.6. The number of nitrogens with one attached hydrogen (secondary N) is 1. The molecule has 0 atom stereocenters. The summed E-state index contributed by atoms with van der Waals surface area (Å²) in [4.78, 5) is 23.2. The fourth-order valence-electron chi connectivity index (χ4n) is 1.38. The van der Waals surface area contributed by atoms with Crippen molar-refractivity contribution >= 4 is 11.9 Å². The van der Waals surface area contributed by atoms with Crippen LogP contribution in [0.5, 0.6) is 0 Å². The van der Waals surface area contributed by atoms with Crippen molar-refractivity contribution in [2.24, 2.45) is 5.41 Å². The molecule has 0 saturated heterocycles. The van der Waals surface area contributed by atoms with E-state index in [1.54, 1.807) is 0 Å². The van der Waals surface area contributed by atoms with Crippen LogP contribution in [0.15, 0.2) is 18.2 Å². The third-order valence-corrected chi connectivity index (χ3v) is 2.41. The van der Waals surface area contributed by atoms with Crippen LogP contribution in [0.25, 0.3) is 0 Å². The first-order chi connectivity index (χ1) is 8.74. The van der Waals surface area contributed by atoms with Gasteiger partial charge in [-0.2, -0.15) is 0 Å². The van der Waals surface area contributed by atoms with E-state index in [1.807, 2.05) is 20.8 Å². The number of methoxy groups -OCH3 is 1. The van der Waals surface area contributed by atoms with Gasteiger partial charge < -0.3 is 10.1 Å². The van der Waals surface area contributed by atoms with Crippen LogP contribution in [0.3, 0.4) is 0 Å². The molecule has 4 nitrogen and oxygen atoms in total. The summed E-state index contributed by atoms with van der Waals surface area (Å²) in [6.07, 6.45) is 0. The number of halogens is 1. The average Bonchev–Trinajstić information content (AvgIpc) is 2.34. The largest absolute Gasteiger partial charge is 0.465 e. The lowest BCUT2D eigenvalue weighted by atomic mass is 9.97. The fraction of sp³-hybridized carbons (Fsp3) is 0.429. The quantitative estimate of drug-likeness (QED) is 0.855. The highest BCUT2D eigenvalue weighted by Crippen LogP contribution is 2.14. The number of carbonyl (C=O) groups is 2. The molecule has 1 amide bonds. The Morgan fingerprint density at radius 1 is 1.32 bits per heavy atom. The number of hydrogen-bond acceptors (Lipinski definition) is 3. The average molecular weight is 267 g/mol. The molecule has 1 N–H and O–H groups in total. The van der Waals surface area contributed by atoms with Crippen molar-refractivity contribution in [2.75, 3.05) is 13.7 Å². The number of ether oxygens (including phenoxy) is 1. The van der Waals surface area contributed by atoms with Gasteiger partial charge in [-0.25, -0.2) is 9.18 Å². The third-order valence-electron chi connectivity index (χ3n) is 2.41. The molecule has 0 aromatic heterocycles. The van der Waals surface area contributed by atoms with Gasteiger partial charge in [0.25, 0.3) is 5.91 Å². The van der Waals surface area contributed by atoms with Gasteiger partial charge in [0.2, 0.25) is 0 Å². The van der Waals surface area contributed by atoms with Gasteiger partial charge in [0.05, 0.1) is 12.7 Å². The molecule has 104 valence electrons. The Labute approximate surface area is 112 Å². The van der Waals surface area contributed by atoms with Crippen LogP contribution in [-0.4, -0.2) is 25.5 Å². The number of hydrogen-bond donors (Lipinski definition) is 1. The van der Waals surface area contributed by atoms with E-state index in [9.17, 15) is 14.0 Å². The Morgan fingerprint density at radius 3 is 2.47 bits per heavy atom. The molecule has 0 aliphatic heterocycles. The van der Waals surface area contributed by atoms with Crippen molar-refractivity contribution in [1.82, 2.24) is 5.32 Å². The van der Waals surface area contributed by atoms with Gasteiger partial charge in [-0.3, -0.25) is 4.79 Å². The minimum Gasteiger partial charge on any atom is -0.465 e. The van der Waals surface area contributed by atoms with E-state index in [4.69, 9.17) is 0 Å². The van der Waals surface area contributed by atoms with Gasteiger partial charge >= 0.3 is 5.97 Å². The van der Waals surface area contributed by atoms with Crippen LogP contribution in [0.1, 0.15) is 41.5 Å². The minimum absolute atomic E-state index is 0.0547. The first-order valence-electron chi connectivity index (χ1n) is 5.90. The van der Waals surface area contributed by atoms with E-state index in [-0.39, 0.29) is 22.4 Å². The third kappa shape index (κ3) is 4.35. The topological polar surface area (TPSA) is 55.4 Å². The Bertz CT molecular complexity index is 492. The summed E-state index contributed by atoms with van der Waals surface area (Å²) in [5.74, 6) is -1.86. The zero-order valence-corrected chi connectivity index (χ0v) is 11.5. The maximum absolute atomic E-state index is 13.4. The molecule has 0 bridgehead atoms. The van der Waals surface area contributed by atoms with Crippen LogP contribution in [-0.2, 0) is 4.74 Å². The predicted molar refractivity (Wildman–Crippen MR) is 69.5 cm³/mol. The number of rotatable bonds is 3. The van der Waals surface area contributed by atoms with Crippen LogP contribution in [0.4, 0.5) is 4.39 Å². The van der Waals surface area contributed by atoms with Crippen LogP contribution in [0, 0.1) is 11.2 Å². The molecule has 0 fully saturated rings. The standard InChI is InChI=1S/C14H18FNO3/c1-14(2,3)8-16-12(17)9-5-6-11(15)10(7-9)13(18)19-4/h5-7H,8H2,1-4H3,(H,16,17). The predicted octanol–water partition coefficient (Wildman–Crippen LogP) is 2.39. The summed E-state index contributed by atoms with van der Waals surface area (Å²) in [6.45, 7) is 6.43. The van der Waals surface area contributed by atoms with Crippen molar-refractivity contribution in [3.63, 3.8) is 0 Å². The summed E-state index contributed by atoms with van der Waals surface area (Å²) in [6, 6.07) is 3.61. The first-order valence-corrected chi connectivity index (χ1v) is 5.90. The lowest BCUT2D eigenvalue weighted by Crippen LogP contribution is -2.32. The summed E-state index contributed by atoms with van der Waals surface area (Å²) in [5, 5.41) is 2.73. The van der Waals surface area contributed by atoms with Crippen molar-refractivity contribution in [3.05, 3.63) is 35.1 Å². The summed E-state index contributed by atoms with van der Waals surface area (Å²) in [5.41, 5.74) is -0.0714. The second-order valence-corrected chi connectivity index (χ2v) is 5.43. The molecule has 1 rings (SSSR count). The molecule has 1 aromatic carbocycles. The summed E-state index contributed by atoms with van der Waals surface area (Å²) >= 11 is 0. The fourth-order valence-corrected chi connectivity index (χ4v) is 1.38. The Morgan fingerprint density at radius 2 is 1.95 bits per heavy atom. The maximum atomic E-state index is 13.4. The van der Waals surface area contributed by atoms with Crippen LogP contribution >= 0.6 is 0 Å². The van der Waals surface area contributed by atoms with Crippen LogP contribution in [0.2, 0.25) is 0 Å².